The number of hydrogen-bond donors (Lipinski definition) is 3. The fourth-order valence-corrected chi connectivity index (χ4v) is 16.5. The van der Waals surface area contributed by atoms with Crippen molar-refractivity contribution in [2.75, 3.05) is 13.1 Å². The standard InChI is InChI=1S/C50H73N3O7S/c1-32(2)30-52(61(59,60)36-17-15-35(16-18-36)53(57)58)31-40(54)39(29-34-13-11-10-12-14-34)51-45(56)50-26-21-37(33(3)4)44(50)38-19-20-42-47(7)24-23-43(55)46(5,6)41(47)22-25-49(42,9)48(38,8)27-28-50/h10-18,32,37-44,54-55H,3,19-31H2,1-2,4-9H3,(H,51,56)/t37-,38+,39-,40+,41-,42+,43-,44+,47-,48+,49+,50-/m0/s1. The van der Waals surface area contributed by atoms with Crippen molar-refractivity contribution in [3.8, 4) is 0 Å². The molecule has 0 unspecified atom stereocenters. The Labute approximate surface area is 365 Å². The van der Waals surface area contributed by atoms with Crippen LogP contribution in [0.4, 0.5) is 5.69 Å². The van der Waals surface area contributed by atoms with Crippen LogP contribution in [0.3, 0.4) is 0 Å². The first-order valence-corrected chi connectivity index (χ1v) is 24.6. The van der Waals surface area contributed by atoms with Crippen molar-refractivity contribution < 1.29 is 28.3 Å². The molecule has 0 spiro atoms. The van der Waals surface area contributed by atoms with Gasteiger partial charge in [0.1, 0.15) is 0 Å². The Kier molecular flexibility index (Phi) is 12.4. The minimum atomic E-state index is -4.16. The van der Waals surface area contributed by atoms with E-state index in [1.165, 1.54) is 28.6 Å². The van der Waals surface area contributed by atoms with Crippen LogP contribution in [-0.4, -0.2) is 65.1 Å². The Morgan fingerprint density at radius 1 is 0.885 bits per heavy atom. The number of non-ortho nitro benzene ring substituents is 1. The van der Waals surface area contributed by atoms with Gasteiger partial charge in [-0.3, -0.25) is 14.9 Å². The van der Waals surface area contributed by atoms with Crippen molar-refractivity contribution in [3.63, 3.8) is 0 Å². The second kappa shape index (κ2) is 16.5. The minimum Gasteiger partial charge on any atom is -0.393 e. The summed E-state index contributed by atoms with van der Waals surface area (Å²) in [5.74, 6) is 1.52. The number of benzene rings is 2. The molecule has 0 radical (unpaired) electrons. The molecule has 0 bridgehead atoms. The van der Waals surface area contributed by atoms with Gasteiger partial charge in [0.15, 0.2) is 0 Å². The van der Waals surface area contributed by atoms with Crippen molar-refractivity contribution in [2.45, 2.75) is 149 Å². The number of aliphatic hydroxyl groups excluding tert-OH is 2. The van der Waals surface area contributed by atoms with Crippen LogP contribution >= 0.6 is 0 Å². The normalized spacial score (nSPS) is 36.5. The van der Waals surface area contributed by atoms with Crippen molar-refractivity contribution in [1.82, 2.24) is 9.62 Å². The predicted molar refractivity (Wildman–Crippen MR) is 240 cm³/mol. The molecule has 0 aromatic heterocycles. The molecule has 2 aromatic rings. The van der Waals surface area contributed by atoms with Crippen molar-refractivity contribution in [2.24, 2.45) is 62.6 Å². The number of nitro benzene ring substituents is 1. The molecule has 2 aromatic carbocycles. The highest BCUT2D eigenvalue weighted by molar-refractivity contribution is 7.89. The van der Waals surface area contributed by atoms with E-state index in [0.717, 1.165) is 75.3 Å². The third-order valence-corrected chi connectivity index (χ3v) is 20.1. The van der Waals surface area contributed by atoms with Gasteiger partial charge in [0.05, 0.1) is 33.5 Å². The molecule has 336 valence electrons. The van der Waals surface area contributed by atoms with Gasteiger partial charge in [-0.15, -0.1) is 0 Å². The Bertz CT molecular complexity index is 2070. The number of carbonyl (C=O) groups is 1. The molecule has 0 aliphatic heterocycles. The molecule has 5 saturated carbocycles. The minimum absolute atomic E-state index is 0.0170. The third-order valence-electron chi connectivity index (χ3n) is 18.2. The summed E-state index contributed by atoms with van der Waals surface area (Å²) in [5.41, 5.74) is 1.33. The van der Waals surface area contributed by atoms with E-state index in [0.29, 0.717) is 24.2 Å². The van der Waals surface area contributed by atoms with E-state index in [2.05, 4.69) is 53.4 Å². The Morgan fingerprint density at radius 2 is 1.56 bits per heavy atom. The quantitative estimate of drug-likeness (QED) is 0.103. The molecule has 0 saturated heterocycles. The summed E-state index contributed by atoms with van der Waals surface area (Å²) in [4.78, 5) is 26.2. The molecule has 1 amide bonds. The first kappa shape index (κ1) is 45.9. The number of nitro groups is 1. The summed E-state index contributed by atoms with van der Waals surface area (Å²) in [6.07, 6.45) is 8.49. The number of carbonyl (C=O) groups excluding carboxylic acids is 1. The van der Waals surface area contributed by atoms with Crippen molar-refractivity contribution in [1.29, 1.82) is 0 Å². The lowest BCUT2D eigenvalue weighted by Gasteiger charge is -2.72. The lowest BCUT2D eigenvalue weighted by molar-refractivity contribution is -0.384. The van der Waals surface area contributed by atoms with Gasteiger partial charge < -0.3 is 15.5 Å². The van der Waals surface area contributed by atoms with E-state index >= 15 is 4.79 Å². The molecule has 3 N–H and O–H groups in total. The highest BCUT2D eigenvalue weighted by atomic mass is 32.2. The zero-order valence-electron chi connectivity index (χ0n) is 38.0. The first-order chi connectivity index (χ1) is 28.5. The lowest BCUT2D eigenvalue weighted by atomic mass is 9.32. The zero-order valence-corrected chi connectivity index (χ0v) is 38.8. The second-order valence-electron chi connectivity index (χ2n) is 22.0. The second-order valence-corrected chi connectivity index (χ2v) is 24.0. The zero-order chi connectivity index (χ0) is 44.5. The summed E-state index contributed by atoms with van der Waals surface area (Å²) >= 11 is 0. The summed E-state index contributed by atoms with van der Waals surface area (Å²) in [7, 11) is -4.16. The number of aliphatic hydroxyl groups is 2. The molecule has 0 heterocycles. The summed E-state index contributed by atoms with van der Waals surface area (Å²) in [6, 6.07) is 13.8. The maximum Gasteiger partial charge on any atom is 0.269 e. The summed E-state index contributed by atoms with van der Waals surface area (Å²) in [5, 5.41) is 38.2. The number of nitrogens with zero attached hydrogens (tertiary/aromatic N) is 2. The van der Waals surface area contributed by atoms with E-state index < -0.39 is 32.5 Å². The van der Waals surface area contributed by atoms with Gasteiger partial charge in [-0.1, -0.05) is 91.0 Å². The molecular weight excluding hydrogens is 787 g/mol. The monoisotopic (exact) mass is 860 g/mol. The smallest absolute Gasteiger partial charge is 0.269 e. The maximum atomic E-state index is 15.5. The number of allylic oxidation sites excluding steroid dienone is 1. The largest absolute Gasteiger partial charge is 0.393 e. The SMILES string of the molecule is C=C(C)[C@@H]1CC[C@]2(C(=O)N[C@@H](Cc3ccccc3)[C@H](O)CN(CC(C)C)S(=O)(=O)c3ccc([N+](=O)[O-])cc3)CC[C@]3(C)[C@H](CC[C@@H]4[C@@]5(C)CC[C@H](O)C(C)(C)[C@@H]5CC[C@]43C)[C@@H]12. The fourth-order valence-electron chi connectivity index (χ4n) is 14.9. The van der Waals surface area contributed by atoms with Crippen LogP contribution in [-0.2, 0) is 21.2 Å². The average molecular weight is 860 g/mol. The van der Waals surface area contributed by atoms with Gasteiger partial charge in [-0.2, -0.15) is 4.31 Å². The van der Waals surface area contributed by atoms with Gasteiger partial charge in [0.25, 0.3) is 5.69 Å². The Hall–Kier alpha value is -3.12. The third kappa shape index (κ3) is 7.63. The van der Waals surface area contributed by atoms with E-state index in [-0.39, 0.29) is 75.1 Å². The molecule has 5 aliphatic carbocycles. The van der Waals surface area contributed by atoms with Crippen LogP contribution in [0.1, 0.15) is 125 Å². The fraction of sp³-hybridized carbons (Fsp3) is 0.700. The van der Waals surface area contributed by atoms with Gasteiger partial charge in [-0.05, 0) is 152 Å². The van der Waals surface area contributed by atoms with Crippen LogP contribution in [0.15, 0.2) is 71.6 Å². The molecular formula is C50H73N3O7S. The molecule has 12 atom stereocenters. The topological polar surface area (TPSA) is 150 Å². The molecule has 10 nitrogen and oxygen atoms in total. The van der Waals surface area contributed by atoms with Crippen LogP contribution < -0.4 is 5.32 Å². The number of amides is 1. The van der Waals surface area contributed by atoms with Crippen molar-refractivity contribution in [3.05, 3.63) is 82.4 Å². The summed E-state index contributed by atoms with van der Waals surface area (Å²) in [6.45, 7) is 22.6. The summed E-state index contributed by atoms with van der Waals surface area (Å²) < 4.78 is 29.6. The van der Waals surface area contributed by atoms with Gasteiger partial charge in [-0.25, -0.2) is 8.42 Å². The van der Waals surface area contributed by atoms with Gasteiger partial charge >= 0.3 is 0 Å². The molecule has 5 aliphatic rings. The predicted octanol–water partition coefficient (Wildman–Crippen LogP) is 9.35. The van der Waals surface area contributed by atoms with Gasteiger partial charge in [0.2, 0.25) is 15.9 Å². The number of fused-ring (bicyclic) bond motifs is 7. The van der Waals surface area contributed by atoms with Crippen LogP contribution in [0.5, 0.6) is 0 Å². The first-order valence-electron chi connectivity index (χ1n) is 23.1. The highest BCUT2D eigenvalue weighted by Gasteiger charge is 2.72. The highest BCUT2D eigenvalue weighted by Crippen LogP contribution is 2.77. The Balaban J connectivity index is 1.20. The number of rotatable bonds is 13. The van der Waals surface area contributed by atoms with Crippen LogP contribution in [0.2, 0.25) is 0 Å². The molecule has 5 fully saturated rings. The molecule has 7 rings (SSSR count). The maximum absolute atomic E-state index is 15.5. The lowest BCUT2D eigenvalue weighted by Crippen LogP contribution is -2.67. The molecule has 11 heteroatoms. The average Bonchev–Trinajstić information content (AvgIpc) is 3.61. The molecule has 61 heavy (non-hydrogen) atoms. The number of nitrogens with one attached hydrogen (secondary N) is 1. The number of sulfonamides is 1. The van der Waals surface area contributed by atoms with E-state index in [1.807, 2.05) is 44.2 Å². The number of hydrogen-bond acceptors (Lipinski definition) is 7. The van der Waals surface area contributed by atoms with Crippen LogP contribution in [0.25, 0.3) is 0 Å². The van der Waals surface area contributed by atoms with Gasteiger partial charge in [0, 0.05) is 25.2 Å². The van der Waals surface area contributed by atoms with Crippen molar-refractivity contribution >= 4 is 21.6 Å². The van der Waals surface area contributed by atoms with E-state index in [4.69, 9.17) is 0 Å². The van der Waals surface area contributed by atoms with Crippen LogP contribution in [0, 0.1) is 72.7 Å². The van der Waals surface area contributed by atoms with E-state index in [1.54, 1.807) is 0 Å². The van der Waals surface area contributed by atoms with E-state index in [9.17, 15) is 28.7 Å². The Morgan fingerprint density at radius 3 is 2.18 bits per heavy atom.